The molecule has 6 nitrogen and oxygen atoms in total. The highest BCUT2D eigenvalue weighted by Gasteiger charge is 2.37. The summed E-state index contributed by atoms with van der Waals surface area (Å²) in [4.78, 5) is 4.17. The van der Waals surface area contributed by atoms with E-state index in [0.717, 1.165) is 24.5 Å². The third-order valence-corrected chi connectivity index (χ3v) is 3.17. The van der Waals surface area contributed by atoms with Crippen LogP contribution in [0.25, 0.3) is 0 Å². The smallest absolute Gasteiger partial charge is 0.155 e. The van der Waals surface area contributed by atoms with Crippen LogP contribution in [0.5, 0.6) is 0 Å². The average molecular weight is 244 g/mol. The van der Waals surface area contributed by atoms with Gasteiger partial charge in [0, 0.05) is 36.7 Å². The standard InChI is InChI=1S/C12H16N6/c1-8(2)7-17-12-5-10(13)9-3-4-14-6-11(9)18(12)16-15-17/h4-6,8-9,13H,3,7H2,1-2H3. The first-order valence-electron chi connectivity index (χ1n) is 6.18. The summed E-state index contributed by atoms with van der Waals surface area (Å²) < 4.78 is 0. The van der Waals surface area contributed by atoms with Gasteiger partial charge < -0.3 is 5.41 Å². The van der Waals surface area contributed by atoms with Crippen molar-refractivity contribution >= 4 is 11.9 Å². The Morgan fingerprint density at radius 2 is 2.28 bits per heavy atom. The fourth-order valence-corrected chi connectivity index (χ4v) is 2.32. The molecule has 94 valence electrons. The second kappa shape index (κ2) is 4.04. The predicted molar refractivity (Wildman–Crippen MR) is 68.7 cm³/mol. The molecule has 0 bridgehead atoms. The van der Waals surface area contributed by atoms with Crippen LogP contribution in [-0.2, 0) is 0 Å². The molecule has 3 aliphatic heterocycles. The molecule has 1 unspecified atom stereocenters. The Morgan fingerprint density at radius 1 is 1.44 bits per heavy atom. The number of fused-ring (bicyclic) bond motifs is 3. The highest BCUT2D eigenvalue weighted by molar-refractivity contribution is 5.99. The van der Waals surface area contributed by atoms with Crippen molar-refractivity contribution in [1.29, 1.82) is 5.41 Å². The van der Waals surface area contributed by atoms with Gasteiger partial charge in [-0.3, -0.25) is 4.99 Å². The molecule has 0 aliphatic carbocycles. The molecule has 6 heteroatoms. The van der Waals surface area contributed by atoms with E-state index in [-0.39, 0.29) is 5.92 Å². The maximum atomic E-state index is 8.12. The lowest BCUT2D eigenvalue weighted by molar-refractivity contribution is 0.288. The Bertz CT molecular complexity index is 499. The maximum Gasteiger partial charge on any atom is 0.155 e. The van der Waals surface area contributed by atoms with E-state index in [1.807, 2.05) is 22.3 Å². The second-order valence-corrected chi connectivity index (χ2v) is 5.10. The van der Waals surface area contributed by atoms with Gasteiger partial charge in [-0.2, -0.15) is 5.01 Å². The predicted octanol–water partition coefficient (Wildman–Crippen LogP) is 2.35. The summed E-state index contributed by atoms with van der Waals surface area (Å²) in [6, 6.07) is 0. The topological polar surface area (TPSA) is 67.4 Å². The zero-order chi connectivity index (χ0) is 12.7. The summed E-state index contributed by atoms with van der Waals surface area (Å²) in [6.45, 7) is 5.08. The van der Waals surface area contributed by atoms with E-state index in [0.29, 0.717) is 11.6 Å². The quantitative estimate of drug-likeness (QED) is 0.810. The summed E-state index contributed by atoms with van der Waals surface area (Å²) >= 11 is 0. The SMILES string of the molecule is CC(C)CN1N=NN2C3=CN=CCC3C(=N)C=C12. The molecular weight excluding hydrogens is 228 g/mol. The first kappa shape index (κ1) is 11.1. The highest BCUT2D eigenvalue weighted by Crippen LogP contribution is 2.36. The fourth-order valence-electron chi connectivity index (χ4n) is 2.32. The van der Waals surface area contributed by atoms with Gasteiger partial charge in [-0.15, -0.1) is 0 Å². The maximum absolute atomic E-state index is 8.12. The molecule has 3 heterocycles. The van der Waals surface area contributed by atoms with Crippen molar-refractivity contribution in [2.45, 2.75) is 20.3 Å². The molecule has 0 spiro atoms. The van der Waals surface area contributed by atoms with E-state index in [2.05, 4.69) is 29.3 Å². The van der Waals surface area contributed by atoms with Crippen LogP contribution in [-0.4, -0.2) is 28.5 Å². The number of hydrogen-bond acceptors (Lipinski definition) is 6. The molecule has 1 N–H and O–H groups in total. The summed E-state index contributed by atoms with van der Waals surface area (Å²) in [5.41, 5.74) is 1.56. The first-order valence-corrected chi connectivity index (χ1v) is 6.18. The lowest BCUT2D eigenvalue weighted by Crippen LogP contribution is -2.35. The van der Waals surface area contributed by atoms with Crippen molar-refractivity contribution in [3.8, 4) is 0 Å². The van der Waals surface area contributed by atoms with Gasteiger partial charge in [0.15, 0.2) is 5.82 Å². The summed E-state index contributed by atoms with van der Waals surface area (Å²) in [5, 5.41) is 20.1. The molecule has 0 aromatic carbocycles. The van der Waals surface area contributed by atoms with Crippen LogP contribution in [0, 0.1) is 17.2 Å². The molecule has 1 atom stereocenters. The molecule has 0 aromatic heterocycles. The minimum absolute atomic E-state index is 0.0733. The lowest BCUT2D eigenvalue weighted by Gasteiger charge is -2.32. The van der Waals surface area contributed by atoms with Crippen molar-refractivity contribution in [3.05, 3.63) is 23.8 Å². The number of aliphatic imine (C=N–C) groups is 1. The van der Waals surface area contributed by atoms with Gasteiger partial charge in [0.2, 0.25) is 0 Å². The molecule has 0 fully saturated rings. The van der Waals surface area contributed by atoms with Crippen LogP contribution < -0.4 is 0 Å². The Labute approximate surface area is 106 Å². The van der Waals surface area contributed by atoms with E-state index < -0.39 is 0 Å². The lowest BCUT2D eigenvalue weighted by atomic mass is 9.91. The third-order valence-electron chi connectivity index (χ3n) is 3.17. The van der Waals surface area contributed by atoms with Crippen LogP contribution in [0.4, 0.5) is 0 Å². The van der Waals surface area contributed by atoms with E-state index in [9.17, 15) is 0 Å². The van der Waals surface area contributed by atoms with E-state index in [4.69, 9.17) is 5.41 Å². The Morgan fingerprint density at radius 3 is 3.06 bits per heavy atom. The zero-order valence-electron chi connectivity index (χ0n) is 10.5. The molecule has 0 amide bonds. The minimum Gasteiger partial charge on any atom is -0.304 e. The largest absolute Gasteiger partial charge is 0.304 e. The summed E-state index contributed by atoms with van der Waals surface area (Å²) in [6.07, 6.45) is 6.27. The molecule has 0 radical (unpaired) electrons. The monoisotopic (exact) mass is 244 g/mol. The van der Waals surface area contributed by atoms with Crippen molar-refractivity contribution in [2.24, 2.45) is 27.3 Å². The normalized spacial score (nSPS) is 25.3. The molecule has 3 rings (SSSR count). The van der Waals surface area contributed by atoms with Gasteiger partial charge in [0.1, 0.15) is 0 Å². The van der Waals surface area contributed by atoms with E-state index in [1.165, 1.54) is 0 Å². The van der Waals surface area contributed by atoms with E-state index in [1.54, 1.807) is 6.20 Å². The number of nitrogens with zero attached hydrogens (tertiary/aromatic N) is 5. The van der Waals surface area contributed by atoms with Crippen LogP contribution >= 0.6 is 0 Å². The summed E-state index contributed by atoms with van der Waals surface area (Å²) in [5.74, 6) is 1.44. The summed E-state index contributed by atoms with van der Waals surface area (Å²) in [7, 11) is 0. The highest BCUT2D eigenvalue weighted by atomic mass is 15.8. The van der Waals surface area contributed by atoms with Gasteiger partial charge in [-0.05, 0) is 22.8 Å². The molecule has 0 saturated heterocycles. The van der Waals surface area contributed by atoms with Gasteiger partial charge >= 0.3 is 0 Å². The number of allylic oxidation sites excluding steroid dienone is 2. The van der Waals surface area contributed by atoms with Crippen molar-refractivity contribution in [1.82, 2.24) is 10.0 Å². The molecule has 0 aromatic rings. The van der Waals surface area contributed by atoms with Gasteiger partial charge in [0.25, 0.3) is 0 Å². The Balaban J connectivity index is 1.94. The molecule has 0 saturated carbocycles. The number of hydrogen-bond donors (Lipinski definition) is 1. The number of nitrogens with one attached hydrogen (secondary N) is 1. The fraction of sp³-hybridized carbons (Fsp3) is 0.500. The van der Waals surface area contributed by atoms with Gasteiger partial charge in [-0.1, -0.05) is 13.8 Å². The molecule has 18 heavy (non-hydrogen) atoms. The molecule has 3 aliphatic rings. The number of rotatable bonds is 2. The zero-order valence-corrected chi connectivity index (χ0v) is 10.5. The molecular formula is C12H16N6. The van der Waals surface area contributed by atoms with E-state index >= 15 is 0 Å². The van der Waals surface area contributed by atoms with Crippen LogP contribution in [0.2, 0.25) is 0 Å². The van der Waals surface area contributed by atoms with Crippen molar-refractivity contribution in [3.63, 3.8) is 0 Å². The first-order chi connectivity index (χ1) is 8.66. The van der Waals surface area contributed by atoms with Crippen LogP contribution in [0.3, 0.4) is 0 Å². The Kier molecular flexibility index (Phi) is 2.50. The second-order valence-electron chi connectivity index (χ2n) is 5.10. The average Bonchev–Trinajstić information content (AvgIpc) is 2.72. The third kappa shape index (κ3) is 1.64. The minimum atomic E-state index is 0.0733. The Hall–Kier alpha value is -1.98. The van der Waals surface area contributed by atoms with Crippen molar-refractivity contribution < 1.29 is 0 Å². The van der Waals surface area contributed by atoms with Crippen LogP contribution in [0.1, 0.15) is 20.3 Å². The van der Waals surface area contributed by atoms with Gasteiger partial charge in [0.05, 0.1) is 5.70 Å². The van der Waals surface area contributed by atoms with Crippen molar-refractivity contribution in [2.75, 3.05) is 6.54 Å². The van der Waals surface area contributed by atoms with Crippen LogP contribution in [0.15, 0.2) is 39.2 Å². The van der Waals surface area contributed by atoms with Gasteiger partial charge in [-0.25, -0.2) is 5.01 Å².